The molecule has 0 spiro atoms. The summed E-state index contributed by atoms with van der Waals surface area (Å²) in [6.45, 7) is 14.1. The molecule has 76 heavy (non-hydrogen) atoms. The Morgan fingerprint density at radius 3 is 1.17 bits per heavy atom. The van der Waals surface area contributed by atoms with Crippen LogP contribution in [0.15, 0.2) is 243 Å². The molecule has 0 heterocycles. The minimum absolute atomic E-state index is 0. The molecular formula is C73H66Cl2Zr. The van der Waals surface area contributed by atoms with Crippen molar-refractivity contribution < 1.29 is 24.2 Å². The zero-order chi connectivity index (χ0) is 51.2. The Hall–Kier alpha value is -6.60. The summed E-state index contributed by atoms with van der Waals surface area (Å²) in [5.74, 6) is 0. The molecule has 1 aliphatic rings. The molecule has 0 aromatic heterocycles. The number of halogens is 2. The summed E-state index contributed by atoms with van der Waals surface area (Å²) in [5.41, 5.74) is 15.7. The van der Waals surface area contributed by atoms with Gasteiger partial charge in [0.15, 0.2) is 0 Å². The molecule has 11 aromatic carbocycles. The van der Waals surface area contributed by atoms with Crippen molar-refractivity contribution in [3.63, 3.8) is 0 Å². The van der Waals surface area contributed by atoms with Crippen LogP contribution in [0.3, 0.4) is 0 Å². The predicted octanol–water partition coefficient (Wildman–Crippen LogP) is 20.6. The Labute approximate surface area is 478 Å². The average molecular weight is 1110 g/mol. The second-order valence-corrected chi connectivity index (χ2v) is 23.5. The van der Waals surface area contributed by atoms with Crippen LogP contribution in [-0.2, 0) is 47.9 Å². The zero-order valence-electron chi connectivity index (χ0n) is 44.5. The molecule has 0 unspecified atom stereocenters. The van der Waals surface area contributed by atoms with Crippen LogP contribution in [0.2, 0.25) is 0 Å². The maximum atomic E-state index is 2.99. The van der Waals surface area contributed by atoms with Crippen molar-refractivity contribution in [3.8, 4) is 44.5 Å². The topological polar surface area (TPSA) is 0 Å². The monoisotopic (exact) mass is 1100 g/mol. The summed E-state index contributed by atoms with van der Waals surface area (Å²) < 4.78 is 1.60. The van der Waals surface area contributed by atoms with E-state index in [0.29, 0.717) is 0 Å². The van der Waals surface area contributed by atoms with Gasteiger partial charge in [-0.15, -0.1) is 71.0 Å². The van der Waals surface area contributed by atoms with E-state index in [9.17, 15) is 0 Å². The molecule has 0 aliphatic heterocycles. The SMILES string of the molecule is CC(C)(C)c1cc2c(cc1-c1ccccc1-c1ccc3ccccc3c1)[cH-]c1cc(-c3ccccc3-c3ccc4ccccc4c3)c(C(C)(C)C)cc12.Cl.Cl.[C-]1=CC=CC1.[Zr+2]=[C](Cc1ccccc1)Cc1ccccc1. The van der Waals surface area contributed by atoms with Gasteiger partial charge in [0.1, 0.15) is 0 Å². The fraction of sp³-hybridized carbons (Fsp3) is 0.151. The van der Waals surface area contributed by atoms with Gasteiger partial charge in [0.25, 0.3) is 0 Å². The molecule has 0 fully saturated rings. The second-order valence-electron chi connectivity index (χ2n) is 21.8. The van der Waals surface area contributed by atoms with Crippen molar-refractivity contribution in [2.24, 2.45) is 0 Å². The molecule has 376 valence electrons. The Bertz CT molecular complexity index is 3590. The van der Waals surface area contributed by atoms with Crippen LogP contribution >= 0.6 is 24.8 Å². The van der Waals surface area contributed by atoms with Gasteiger partial charge in [-0.3, -0.25) is 6.08 Å². The van der Waals surface area contributed by atoms with Gasteiger partial charge in [0.2, 0.25) is 0 Å². The van der Waals surface area contributed by atoms with Gasteiger partial charge >= 0.3 is 112 Å². The molecule has 0 radical (unpaired) electrons. The Kier molecular flexibility index (Phi) is 18.0. The van der Waals surface area contributed by atoms with Crippen LogP contribution < -0.4 is 0 Å². The molecule has 3 heteroatoms. The van der Waals surface area contributed by atoms with Gasteiger partial charge in [-0.25, -0.2) is 12.2 Å². The quantitative estimate of drug-likeness (QED) is 0.133. The molecule has 1 aliphatic carbocycles. The number of rotatable bonds is 8. The van der Waals surface area contributed by atoms with E-state index in [1.54, 1.807) is 27.4 Å². The molecule has 12 rings (SSSR count). The van der Waals surface area contributed by atoms with Gasteiger partial charge in [-0.1, -0.05) is 175 Å². The molecule has 0 saturated carbocycles. The van der Waals surface area contributed by atoms with E-state index in [0.717, 1.165) is 19.3 Å². The first-order valence-electron chi connectivity index (χ1n) is 26.1. The molecular weight excluding hydrogens is 1040 g/mol. The predicted molar refractivity (Wildman–Crippen MR) is 333 cm³/mol. The zero-order valence-corrected chi connectivity index (χ0v) is 48.6. The third kappa shape index (κ3) is 12.8. The van der Waals surface area contributed by atoms with Gasteiger partial charge in [-0.2, -0.15) is 6.08 Å². The van der Waals surface area contributed by atoms with E-state index in [-0.39, 0.29) is 35.6 Å². The fourth-order valence-corrected chi connectivity index (χ4v) is 11.5. The van der Waals surface area contributed by atoms with E-state index in [4.69, 9.17) is 0 Å². The van der Waals surface area contributed by atoms with Crippen LogP contribution in [0.5, 0.6) is 0 Å². The van der Waals surface area contributed by atoms with E-state index in [1.807, 2.05) is 12.2 Å². The van der Waals surface area contributed by atoms with E-state index >= 15 is 0 Å². The van der Waals surface area contributed by atoms with Crippen molar-refractivity contribution in [2.45, 2.75) is 71.6 Å². The molecule has 0 amide bonds. The summed E-state index contributed by atoms with van der Waals surface area (Å²) >= 11 is 1.55. The van der Waals surface area contributed by atoms with Gasteiger partial charge in [0.05, 0.1) is 0 Å². The number of benzene rings is 10. The van der Waals surface area contributed by atoms with Crippen LogP contribution in [0.1, 0.15) is 70.2 Å². The van der Waals surface area contributed by atoms with Crippen molar-refractivity contribution in [1.29, 1.82) is 0 Å². The van der Waals surface area contributed by atoms with Gasteiger partial charge < -0.3 is 0 Å². The number of fused-ring (bicyclic) bond motifs is 5. The van der Waals surface area contributed by atoms with Crippen LogP contribution in [-0.4, -0.2) is 3.21 Å². The van der Waals surface area contributed by atoms with Crippen molar-refractivity contribution >= 4 is 71.1 Å². The van der Waals surface area contributed by atoms with Crippen LogP contribution in [0.25, 0.3) is 87.6 Å². The summed E-state index contributed by atoms with van der Waals surface area (Å²) in [6.07, 6.45) is 12.2. The standard InChI is InChI=1S/C53H45.C15H14.C5H5.2ClH.Zr/c1-52(2,3)50-32-46-40(30-48(50)44-21-13-11-19-42(44)38-25-23-34-15-7-9-17-36(34)27-38)29-41-31-49(51(33-47(41)46)53(4,5)6)45-22-14-12-20-43(45)39-26-24-35-16-8-10-18-37(35)28-39;1-3-8-14(9-4-1)12-7-13-15-10-5-2-6-11-15;1-2-4-5-3-1;;;/h7-33H,1-6H3;1-6,8-11H,12-13H2;1-3H,4H2;2*1H;/q-1;;-1;;;+2. The molecule has 0 saturated heterocycles. The van der Waals surface area contributed by atoms with E-state index < -0.39 is 0 Å². The second kappa shape index (κ2) is 24.6. The summed E-state index contributed by atoms with van der Waals surface area (Å²) in [6, 6.07) is 82.7. The normalized spacial score (nSPS) is 11.9. The summed E-state index contributed by atoms with van der Waals surface area (Å²) in [4.78, 5) is 0. The van der Waals surface area contributed by atoms with Crippen LogP contribution in [0, 0.1) is 6.08 Å². The average Bonchev–Trinajstić information content (AvgIpc) is 4.16. The minimum atomic E-state index is -0.0603. The number of allylic oxidation sites excluding steroid dienone is 4. The van der Waals surface area contributed by atoms with E-state index in [2.05, 4.69) is 278 Å². The van der Waals surface area contributed by atoms with E-state index in [1.165, 1.54) is 110 Å². The number of hydrogen-bond acceptors (Lipinski definition) is 0. The van der Waals surface area contributed by atoms with Crippen molar-refractivity contribution in [2.75, 3.05) is 0 Å². The first-order valence-corrected chi connectivity index (χ1v) is 27.4. The molecule has 11 aromatic rings. The third-order valence-electron chi connectivity index (χ3n) is 14.3. The molecule has 0 N–H and O–H groups in total. The molecule has 0 atom stereocenters. The molecule has 0 bridgehead atoms. The van der Waals surface area contributed by atoms with Gasteiger partial charge in [0, 0.05) is 0 Å². The fourth-order valence-electron chi connectivity index (χ4n) is 10.5. The summed E-state index contributed by atoms with van der Waals surface area (Å²) in [7, 11) is 0. The first kappa shape index (κ1) is 55.6. The first-order chi connectivity index (χ1) is 35.9. The summed E-state index contributed by atoms with van der Waals surface area (Å²) in [5, 5.41) is 10.3. The number of hydrogen-bond donors (Lipinski definition) is 0. The third-order valence-corrected chi connectivity index (χ3v) is 15.1. The van der Waals surface area contributed by atoms with Crippen LogP contribution in [0.4, 0.5) is 0 Å². The Balaban J connectivity index is 0.000000277. The van der Waals surface area contributed by atoms with Crippen molar-refractivity contribution in [3.05, 3.63) is 271 Å². The van der Waals surface area contributed by atoms with Gasteiger partial charge in [-0.05, 0) is 100 Å². The molecule has 0 nitrogen and oxygen atoms in total. The van der Waals surface area contributed by atoms with Crippen molar-refractivity contribution in [1.82, 2.24) is 0 Å². The maximum absolute atomic E-state index is 2.99. The Morgan fingerprint density at radius 2 is 0.803 bits per heavy atom. The Morgan fingerprint density at radius 1 is 0.421 bits per heavy atom.